The van der Waals surface area contributed by atoms with Gasteiger partial charge in [-0.1, -0.05) is 54.5 Å². The molecule has 2 saturated carbocycles. The topological polar surface area (TPSA) is 63.2 Å². The zero-order valence-electron chi connectivity index (χ0n) is 27.1. The first kappa shape index (κ1) is 32.6. The molecule has 39 heavy (non-hydrogen) atoms. The number of allylic oxidation sites excluding steroid dienone is 2. The third-order valence-electron chi connectivity index (χ3n) is 10.8. The van der Waals surface area contributed by atoms with Crippen LogP contribution in [0, 0.1) is 17.3 Å². The number of carbonyl (C=O) groups is 1. The summed E-state index contributed by atoms with van der Waals surface area (Å²) in [6.07, 6.45) is 6.64. The summed E-state index contributed by atoms with van der Waals surface area (Å²) in [6.45, 7) is 25.5. The largest absolute Gasteiger partial charge is 0.546 e. The van der Waals surface area contributed by atoms with Crippen LogP contribution < -0.4 is 0 Å². The fourth-order valence-electron chi connectivity index (χ4n) is 6.31. The van der Waals surface area contributed by atoms with Crippen molar-refractivity contribution >= 4 is 22.6 Å². The molecule has 0 aromatic rings. The van der Waals surface area contributed by atoms with Gasteiger partial charge in [0.05, 0.1) is 30.6 Å². The first-order valence-electron chi connectivity index (χ1n) is 14.8. The number of rotatable bonds is 8. The van der Waals surface area contributed by atoms with E-state index in [0.29, 0.717) is 31.1 Å². The number of esters is 1. The SMILES string of the molecule is COCO[C@H]1CC[C@@H]2[C@H]3CC(O[Si](C)(C)C(C)(C)C)=C(C(=O)OC)CC=C3[C@H](O[Si](C)(C)C(C)(C)C)C[C@]12C. The van der Waals surface area contributed by atoms with Crippen LogP contribution in [0.3, 0.4) is 0 Å². The van der Waals surface area contributed by atoms with Crippen LogP contribution in [0.5, 0.6) is 0 Å². The molecule has 2 fully saturated rings. The molecule has 3 aliphatic carbocycles. The van der Waals surface area contributed by atoms with Gasteiger partial charge in [-0.2, -0.15) is 0 Å². The van der Waals surface area contributed by atoms with Crippen LogP contribution in [0.15, 0.2) is 23.0 Å². The van der Waals surface area contributed by atoms with Crippen LogP contribution in [0.25, 0.3) is 0 Å². The smallest absolute Gasteiger partial charge is 0.337 e. The van der Waals surface area contributed by atoms with Crippen molar-refractivity contribution in [2.24, 2.45) is 17.3 Å². The van der Waals surface area contributed by atoms with E-state index in [-0.39, 0.29) is 39.6 Å². The molecule has 0 amide bonds. The van der Waals surface area contributed by atoms with Gasteiger partial charge in [0.25, 0.3) is 0 Å². The van der Waals surface area contributed by atoms with Gasteiger partial charge in [-0.15, -0.1) is 0 Å². The Morgan fingerprint density at radius 2 is 1.62 bits per heavy atom. The average molecular weight is 581 g/mol. The molecule has 8 heteroatoms. The number of carbonyl (C=O) groups excluding carboxylic acids is 1. The van der Waals surface area contributed by atoms with Gasteiger partial charge >= 0.3 is 5.97 Å². The Morgan fingerprint density at radius 3 is 2.15 bits per heavy atom. The van der Waals surface area contributed by atoms with Crippen molar-refractivity contribution < 1.29 is 27.9 Å². The number of fused-ring (bicyclic) bond motifs is 3. The van der Waals surface area contributed by atoms with E-state index in [2.05, 4.69) is 80.7 Å². The number of hydrogen-bond acceptors (Lipinski definition) is 6. The highest BCUT2D eigenvalue weighted by atomic mass is 28.4. The zero-order valence-corrected chi connectivity index (χ0v) is 29.1. The molecule has 224 valence electrons. The normalized spacial score (nSPS) is 30.3. The van der Waals surface area contributed by atoms with Gasteiger partial charge < -0.3 is 23.1 Å². The van der Waals surface area contributed by atoms with Gasteiger partial charge in [0.1, 0.15) is 6.79 Å². The predicted molar refractivity (Wildman–Crippen MR) is 162 cm³/mol. The Balaban J connectivity index is 2.11. The van der Waals surface area contributed by atoms with Crippen LogP contribution >= 0.6 is 0 Å². The lowest BCUT2D eigenvalue weighted by atomic mass is 9.60. The van der Waals surface area contributed by atoms with Gasteiger partial charge in [-0.05, 0) is 78.4 Å². The molecular formula is C31H56O6Si2. The lowest BCUT2D eigenvalue weighted by Crippen LogP contribution is -2.52. The molecule has 0 radical (unpaired) electrons. The third-order valence-corrected chi connectivity index (χ3v) is 19.6. The molecule has 0 aromatic heterocycles. The third kappa shape index (κ3) is 6.45. The molecule has 6 nitrogen and oxygen atoms in total. The highest BCUT2D eigenvalue weighted by molar-refractivity contribution is 6.74. The van der Waals surface area contributed by atoms with E-state index in [4.69, 9.17) is 23.1 Å². The van der Waals surface area contributed by atoms with Crippen molar-refractivity contribution in [1.29, 1.82) is 0 Å². The summed E-state index contributed by atoms with van der Waals surface area (Å²) in [4.78, 5) is 13.1. The van der Waals surface area contributed by atoms with Crippen molar-refractivity contribution in [3.05, 3.63) is 23.0 Å². The average Bonchev–Trinajstić information content (AvgIpc) is 3.00. The molecule has 0 unspecified atom stereocenters. The second-order valence-corrected chi connectivity index (χ2v) is 24.8. The van der Waals surface area contributed by atoms with Gasteiger partial charge in [-0.25, -0.2) is 4.79 Å². The van der Waals surface area contributed by atoms with Crippen molar-refractivity contribution in [2.45, 2.75) is 129 Å². The number of methoxy groups -OCH3 is 2. The van der Waals surface area contributed by atoms with Gasteiger partial charge in [0, 0.05) is 20.0 Å². The van der Waals surface area contributed by atoms with Gasteiger partial charge in [-0.3, -0.25) is 0 Å². The van der Waals surface area contributed by atoms with Crippen LogP contribution in [-0.4, -0.2) is 55.8 Å². The van der Waals surface area contributed by atoms with Gasteiger partial charge in [0.2, 0.25) is 8.32 Å². The second kappa shape index (κ2) is 11.4. The van der Waals surface area contributed by atoms with Crippen molar-refractivity contribution in [1.82, 2.24) is 0 Å². The van der Waals surface area contributed by atoms with Crippen LogP contribution in [0.1, 0.15) is 80.6 Å². The Bertz CT molecular complexity index is 971. The monoisotopic (exact) mass is 580 g/mol. The lowest BCUT2D eigenvalue weighted by molar-refractivity contribution is -0.136. The standard InChI is InChI=1S/C31H56O6Si2/c1-29(2,3)38(10,11)36-25-18-23-21(14-15-22(25)28(32)34-9)26(37-39(12,13)30(4,5)6)19-31(7)24(23)16-17-27(31)35-20-33-8/h14,23-24,26-27H,15-20H2,1-13H3/t23-,24+,26+,27-,31-/m0/s1. The molecule has 3 aliphatic rings. The molecule has 5 atom stereocenters. The minimum absolute atomic E-state index is 0.00463. The van der Waals surface area contributed by atoms with E-state index in [0.717, 1.165) is 25.0 Å². The second-order valence-electron chi connectivity index (χ2n) is 15.3. The molecule has 0 N–H and O–H groups in total. The van der Waals surface area contributed by atoms with E-state index in [1.165, 1.54) is 12.7 Å². The molecule has 0 spiro atoms. The van der Waals surface area contributed by atoms with E-state index in [9.17, 15) is 4.79 Å². The molecule has 0 bridgehead atoms. The number of ether oxygens (including phenoxy) is 3. The first-order chi connectivity index (χ1) is 17.8. The Kier molecular flexibility index (Phi) is 9.51. The summed E-state index contributed by atoms with van der Waals surface area (Å²) in [5.41, 5.74) is 1.97. The highest BCUT2D eigenvalue weighted by Crippen LogP contribution is 2.60. The summed E-state index contributed by atoms with van der Waals surface area (Å²) in [5, 5.41) is 0.116. The summed E-state index contributed by atoms with van der Waals surface area (Å²) in [5.74, 6) is 1.20. The van der Waals surface area contributed by atoms with E-state index >= 15 is 0 Å². The van der Waals surface area contributed by atoms with Crippen molar-refractivity contribution in [3.8, 4) is 0 Å². The maximum atomic E-state index is 13.1. The molecule has 0 saturated heterocycles. The summed E-state index contributed by atoms with van der Waals surface area (Å²) >= 11 is 0. The van der Waals surface area contributed by atoms with Crippen LogP contribution in [0.2, 0.25) is 36.3 Å². The number of hydrogen-bond donors (Lipinski definition) is 0. The van der Waals surface area contributed by atoms with Crippen LogP contribution in [-0.2, 0) is 27.9 Å². The van der Waals surface area contributed by atoms with Crippen LogP contribution in [0.4, 0.5) is 0 Å². The molecule has 0 aromatic carbocycles. The van der Waals surface area contributed by atoms with Crippen molar-refractivity contribution in [2.75, 3.05) is 21.0 Å². The maximum absolute atomic E-state index is 13.1. The summed E-state index contributed by atoms with van der Waals surface area (Å²) in [6, 6.07) is 0. The summed E-state index contributed by atoms with van der Waals surface area (Å²) in [7, 11) is -1.10. The van der Waals surface area contributed by atoms with E-state index in [1.54, 1.807) is 7.11 Å². The Morgan fingerprint density at radius 1 is 1.00 bits per heavy atom. The molecule has 0 heterocycles. The van der Waals surface area contributed by atoms with E-state index in [1.807, 2.05) is 0 Å². The Labute approximate surface area is 240 Å². The highest BCUT2D eigenvalue weighted by Gasteiger charge is 2.58. The maximum Gasteiger partial charge on any atom is 0.337 e. The fourth-order valence-corrected chi connectivity index (χ4v) is 8.72. The Hall–Kier alpha value is -0.936. The molecular weight excluding hydrogens is 525 g/mol. The molecule has 3 rings (SSSR count). The zero-order chi connectivity index (χ0) is 29.6. The summed E-state index contributed by atoms with van der Waals surface area (Å²) < 4.78 is 31.1. The minimum atomic E-state index is -2.19. The quantitative estimate of drug-likeness (QED) is 0.126. The predicted octanol–water partition coefficient (Wildman–Crippen LogP) is 7.97. The lowest BCUT2D eigenvalue weighted by Gasteiger charge is -2.52. The first-order valence-corrected chi connectivity index (χ1v) is 20.6. The van der Waals surface area contributed by atoms with E-state index < -0.39 is 16.6 Å². The molecule has 0 aliphatic heterocycles. The minimum Gasteiger partial charge on any atom is -0.546 e. The fraction of sp³-hybridized carbons (Fsp3) is 0.839. The van der Waals surface area contributed by atoms with Gasteiger partial charge in [0.15, 0.2) is 8.32 Å². The van der Waals surface area contributed by atoms with Crippen molar-refractivity contribution in [3.63, 3.8) is 0 Å².